The van der Waals surface area contributed by atoms with Gasteiger partial charge in [0, 0.05) is 24.9 Å². The van der Waals surface area contributed by atoms with Gasteiger partial charge < -0.3 is 54.1 Å². The highest BCUT2D eigenvalue weighted by atomic mass is 16.4. The SMILES string of the molecule is NCCCCC(NC(=O)C(N)CCCN=C(N)N)C(=O)NC(CC(=O)O)C(=O)NC(Cc1cnc[nH]1)C(=O)O. The third-order valence-electron chi connectivity index (χ3n) is 5.49. The Balaban J connectivity index is 2.93. The van der Waals surface area contributed by atoms with Gasteiger partial charge in [-0.2, -0.15) is 0 Å². The van der Waals surface area contributed by atoms with Crippen molar-refractivity contribution < 1.29 is 34.2 Å². The number of guanidine groups is 1. The lowest BCUT2D eigenvalue weighted by Crippen LogP contribution is -2.57. The molecule has 0 aromatic carbocycles. The molecule has 0 fully saturated rings. The second-order valence-corrected chi connectivity index (χ2v) is 8.74. The molecule has 4 atom stereocenters. The van der Waals surface area contributed by atoms with Crippen LogP contribution in [0.15, 0.2) is 17.5 Å². The Morgan fingerprint density at radius 3 is 2.13 bits per heavy atom. The van der Waals surface area contributed by atoms with Crippen LogP contribution in [0.5, 0.6) is 0 Å². The van der Waals surface area contributed by atoms with Crippen LogP contribution in [0.1, 0.15) is 44.2 Å². The topological polar surface area (TPSA) is 307 Å². The number of unbranched alkanes of at least 4 members (excludes halogenated alkanes) is 1. The molecule has 4 unspecified atom stereocenters. The molecule has 17 nitrogen and oxygen atoms in total. The van der Waals surface area contributed by atoms with E-state index >= 15 is 0 Å². The van der Waals surface area contributed by atoms with E-state index < -0.39 is 60.2 Å². The van der Waals surface area contributed by atoms with Crippen LogP contribution in [0.25, 0.3) is 0 Å². The Labute approximate surface area is 224 Å². The van der Waals surface area contributed by atoms with Gasteiger partial charge in [-0.3, -0.25) is 24.2 Å². The standard InChI is InChI=1S/C22H38N10O7/c23-6-2-1-5-14(30-18(35)13(24)4-3-7-28-22(25)26)19(36)31-15(9-17(33)34)20(37)32-16(21(38)39)8-12-10-27-11-29-12/h10-11,13-16H,1-9,23-24H2,(H,27,29)(H,30,35)(H,31,36)(H,32,37)(H,33,34)(H,38,39)(H4,25,26,28). The van der Waals surface area contributed by atoms with Crippen molar-refractivity contribution in [1.29, 1.82) is 0 Å². The van der Waals surface area contributed by atoms with Gasteiger partial charge in [0.15, 0.2) is 5.96 Å². The van der Waals surface area contributed by atoms with E-state index in [9.17, 15) is 34.2 Å². The van der Waals surface area contributed by atoms with E-state index in [1.165, 1.54) is 12.5 Å². The zero-order valence-electron chi connectivity index (χ0n) is 21.5. The lowest BCUT2D eigenvalue weighted by atomic mass is 10.1. The average Bonchev–Trinajstić information content (AvgIpc) is 3.37. The van der Waals surface area contributed by atoms with Crippen LogP contribution in [-0.4, -0.2) is 93.1 Å². The summed E-state index contributed by atoms with van der Waals surface area (Å²) in [7, 11) is 0. The number of amides is 3. The van der Waals surface area contributed by atoms with Gasteiger partial charge >= 0.3 is 11.9 Å². The van der Waals surface area contributed by atoms with Crippen molar-refractivity contribution in [3.05, 3.63) is 18.2 Å². The number of carboxylic acids is 2. The number of carboxylic acid groups (broad SMARTS) is 2. The van der Waals surface area contributed by atoms with Gasteiger partial charge in [0.05, 0.1) is 18.8 Å². The van der Waals surface area contributed by atoms with Crippen LogP contribution in [-0.2, 0) is 30.4 Å². The van der Waals surface area contributed by atoms with Crippen LogP contribution in [0.2, 0.25) is 0 Å². The van der Waals surface area contributed by atoms with Gasteiger partial charge in [-0.15, -0.1) is 0 Å². The summed E-state index contributed by atoms with van der Waals surface area (Å²) in [6.07, 6.45) is 3.45. The average molecular weight is 555 g/mol. The van der Waals surface area contributed by atoms with Gasteiger partial charge in [-0.25, -0.2) is 9.78 Å². The zero-order valence-corrected chi connectivity index (χ0v) is 21.5. The fraction of sp³-hybridized carbons (Fsp3) is 0.591. The Morgan fingerprint density at radius 2 is 1.56 bits per heavy atom. The Bertz CT molecular complexity index is 982. The number of hydrogen-bond acceptors (Lipinski definition) is 9. The fourth-order valence-electron chi connectivity index (χ4n) is 3.44. The first-order chi connectivity index (χ1) is 18.4. The second-order valence-electron chi connectivity index (χ2n) is 8.74. The second kappa shape index (κ2) is 17.3. The third-order valence-corrected chi connectivity index (χ3v) is 5.49. The van der Waals surface area contributed by atoms with Gasteiger partial charge in [-0.1, -0.05) is 0 Å². The van der Waals surface area contributed by atoms with Crippen LogP contribution in [0.4, 0.5) is 0 Å². The molecule has 218 valence electrons. The Morgan fingerprint density at radius 1 is 0.923 bits per heavy atom. The first-order valence-electron chi connectivity index (χ1n) is 12.3. The number of nitrogens with one attached hydrogen (secondary N) is 4. The molecule has 0 saturated heterocycles. The maximum absolute atomic E-state index is 13.1. The number of aliphatic imine (C=N–C) groups is 1. The van der Waals surface area contributed by atoms with E-state index in [1.807, 2.05) is 0 Å². The minimum atomic E-state index is -1.62. The van der Waals surface area contributed by atoms with Crippen LogP contribution in [0.3, 0.4) is 0 Å². The van der Waals surface area contributed by atoms with Crippen molar-refractivity contribution in [3.63, 3.8) is 0 Å². The number of aromatic nitrogens is 2. The van der Waals surface area contributed by atoms with E-state index in [0.717, 1.165) is 0 Å². The number of aromatic amines is 1. The van der Waals surface area contributed by atoms with Crippen molar-refractivity contribution in [2.45, 2.75) is 69.1 Å². The summed E-state index contributed by atoms with van der Waals surface area (Å²) in [5.41, 5.74) is 22.4. The summed E-state index contributed by atoms with van der Waals surface area (Å²) in [4.78, 5) is 71.9. The molecule has 0 aliphatic heterocycles. The molecule has 39 heavy (non-hydrogen) atoms. The molecule has 1 heterocycles. The van der Waals surface area contributed by atoms with Gasteiger partial charge in [-0.05, 0) is 38.6 Å². The number of carbonyl (C=O) groups is 5. The quantitative estimate of drug-likeness (QED) is 0.0452. The highest BCUT2D eigenvalue weighted by molar-refractivity contribution is 5.95. The van der Waals surface area contributed by atoms with E-state index in [2.05, 4.69) is 30.9 Å². The van der Waals surface area contributed by atoms with Gasteiger partial charge in [0.1, 0.15) is 18.1 Å². The van der Waals surface area contributed by atoms with Crippen LogP contribution in [0, 0.1) is 0 Å². The van der Waals surface area contributed by atoms with Crippen molar-refractivity contribution >= 4 is 35.6 Å². The molecule has 0 spiro atoms. The number of hydrogen-bond donors (Lipinski definition) is 10. The van der Waals surface area contributed by atoms with Crippen molar-refractivity contribution in [1.82, 2.24) is 25.9 Å². The molecule has 0 aliphatic carbocycles. The minimum Gasteiger partial charge on any atom is -0.481 e. The fourth-order valence-corrected chi connectivity index (χ4v) is 3.44. The summed E-state index contributed by atoms with van der Waals surface area (Å²) < 4.78 is 0. The number of nitrogens with zero attached hydrogens (tertiary/aromatic N) is 2. The van der Waals surface area contributed by atoms with Gasteiger partial charge in [0.2, 0.25) is 17.7 Å². The van der Waals surface area contributed by atoms with E-state index in [0.29, 0.717) is 31.5 Å². The summed E-state index contributed by atoms with van der Waals surface area (Å²) in [5.74, 6) is -5.39. The summed E-state index contributed by atoms with van der Waals surface area (Å²) >= 11 is 0. The van der Waals surface area contributed by atoms with E-state index in [4.69, 9.17) is 22.9 Å². The number of carbonyl (C=O) groups excluding carboxylic acids is 3. The molecule has 1 aromatic rings. The maximum Gasteiger partial charge on any atom is 0.326 e. The normalized spacial score (nSPS) is 13.8. The van der Waals surface area contributed by atoms with Crippen molar-refractivity contribution in [3.8, 4) is 0 Å². The maximum atomic E-state index is 13.1. The zero-order chi connectivity index (χ0) is 29.4. The largest absolute Gasteiger partial charge is 0.481 e. The Hall–Kier alpha value is -4.25. The molecular weight excluding hydrogens is 516 g/mol. The number of H-pyrrole nitrogens is 1. The molecule has 0 radical (unpaired) electrons. The molecule has 1 rings (SSSR count). The highest BCUT2D eigenvalue weighted by Gasteiger charge is 2.31. The van der Waals surface area contributed by atoms with Crippen molar-refractivity contribution in [2.75, 3.05) is 13.1 Å². The number of imidazole rings is 1. The predicted molar refractivity (Wildman–Crippen MR) is 139 cm³/mol. The van der Waals surface area contributed by atoms with Gasteiger partial charge in [0.25, 0.3) is 0 Å². The monoisotopic (exact) mass is 554 g/mol. The number of nitrogens with two attached hydrogens (primary N) is 4. The van der Waals surface area contributed by atoms with E-state index in [1.54, 1.807) is 0 Å². The first-order valence-corrected chi connectivity index (χ1v) is 12.3. The first kappa shape index (κ1) is 32.8. The molecule has 0 bridgehead atoms. The lowest BCUT2D eigenvalue weighted by Gasteiger charge is -2.24. The predicted octanol–water partition coefficient (Wildman–Crippen LogP) is -3.52. The molecule has 1 aromatic heterocycles. The molecule has 0 aliphatic rings. The highest BCUT2D eigenvalue weighted by Crippen LogP contribution is 2.06. The third kappa shape index (κ3) is 13.2. The summed E-state index contributed by atoms with van der Waals surface area (Å²) in [6.45, 7) is 0.594. The smallest absolute Gasteiger partial charge is 0.326 e. The molecule has 3 amide bonds. The minimum absolute atomic E-state index is 0.0967. The van der Waals surface area contributed by atoms with E-state index in [-0.39, 0.29) is 31.8 Å². The number of aliphatic carboxylic acids is 2. The summed E-state index contributed by atoms with van der Waals surface area (Å²) in [5, 5.41) is 25.8. The number of rotatable bonds is 19. The van der Waals surface area contributed by atoms with Crippen LogP contribution >= 0.6 is 0 Å². The molecular formula is C22H38N10O7. The Kier molecular flexibility index (Phi) is 14.5. The molecule has 17 heteroatoms. The molecule has 0 saturated carbocycles. The van der Waals surface area contributed by atoms with Crippen molar-refractivity contribution in [2.24, 2.45) is 27.9 Å². The molecule has 14 N–H and O–H groups in total. The van der Waals surface area contributed by atoms with Crippen LogP contribution < -0.4 is 38.9 Å². The summed E-state index contributed by atoms with van der Waals surface area (Å²) in [6, 6.07) is -5.19. The lowest BCUT2D eigenvalue weighted by molar-refractivity contribution is -0.143.